The van der Waals surface area contributed by atoms with Crippen molar-refractivity contribution in [1.82, 2.24) is 0 Å². The Morgan fingerprint density at radius 3 is 2.42 bits per heavy atom. The van der Waals surface area contributed by atoms with Crippen LogP contribution in [0.25, 0.3) is 0 Å². The van der Waals surface area contributed by atoms with Crippen LogP contribution in [0.1, 0.15) is 78.1 Å². The summed E-state index contributed by atoms with van der Waals surface area (Å²) in [6.07, 6.45) is -1.12. The van der Waals surface area contributed by atoms with Gasteiger partial charge in [0.15, 0.2) is 12.6 Å². The van der Waals surface area contributed by atoms with Gasteiger partial charge in [0.2, 0.25) is 0 Å². The second-order valence-electron chi connectivity index (χ2n) is 15.9. The molecule has 48 heavy (non-hydrogen) atoms. The first-order valence-corrected chi connectivity index (χ1v) is 17.9. The van der Waals surface area contributed by atoms with E-state index in [-0.39, 0.29) is 47.6 Å². The van der Waals surface area contributed by atoms with Gasteiger partial charge in [-0.25, -0.2) is 4.79 Å². The van der Waals surface area contributed by atoms with Gasteiger partial charge in [0.25, 0.3) is 0 Å². The Kier molecular flexibility index (Phi) is 9.39. The van der Waals surface area contributed by atoms with Crippen molar-refractivity contribution in [3.05, 3.63) is 11.6 Å². The van der Waals surface area contributed by atoms with Crippen LogP contribution in [-0.2, 0) is 33.3 Å². The number of aliphatic hydroxyl groups is 6. The molecule has 0 aromatic heterocycles. The molecule has 270 valence electrons. The van der Waals surface area contributed by atoms with Crippen molar-refractivity contribution in [1.29, 1.82) is 0 Å². The van der Waals surface area contributed by atoms with Gasteiger partial charge in [-0.3, -0.25) is 0 Å². The average molecular weight is 681 g/mol. The molecule has 0 unspecified atom stereocenters. The van der Waals surface area contributed by atoms with E-state index >= 15 is 0 Å². The molecule has 6 fully saturated rings. The van der Waals surface area contributed by atoms with Crippen LogP contribution >= 0.6 is 0 Å². The molecule has 2 saturated heterocycles. The Bertz CT molecular complexity index is 1250. The van der Waals surface area contributed by atoms with Crippen molar-refractivity contribution in [2.45, 2.75) is 145 Å². The molecule has 17 atom stereocenters. The van der Waals surface area contributed by atoms with E-state index in [9.17, 15) is 40.2 Å². The minimum absolute atomic E-state index is 0.0112. The van der Waals surface area contributed by atoms with E-state index in [4.69, 9.17) is 23.7 Å². The number of ether oxygens (including phenoxy) is 5. The molecule has 7 rings (SSSR count). The molecule has 6 N–H and O–H groups in total. The summed E-state index contributed by atoms with van der Waals surface area (Å²) in [5.41, 5.74) is -0.818. The lowest BCUT2D eigenvalue weighted by molar-refractivity contribution is -0.344. The zero-order valence-electron chi connectivity index (χ0n) is 27.8. The Balaban J connectivity index is 0.978. The highest BCUT2D eigenvalue weighted by molar-refractivity contribution is 5.85. The zero-order valence-corrected chi connectivity index (χ0v) is 27.8. The summed E-state index contributed by atoms with van der Waals surface area (Å²) in [5, 5.41) is 63.6. The maximum absolute atomic E-state index is 13.1. The highest BCUT2D eigenvalue weighted by Crippen LogP contribution is 2.69. The number of carbonyl (C=O) groups excluding carboxylic acids is 2. The highest BCUT2D eigenvalue weighted by atomic mass is 16.7. The normalized spacial score (nSPS) is 53.7. The van der Waals surface area contributed by atoms with Gasteiger partial charge in [0.05, 0.1) is 30.5 Å². The number of fused-ring (bicyclic) bond motifs is 5. The Hall–Kier alpha value is -1.52. The predicted octanol–water partition coefficient (Wildman–Crippen LogP) is 0.489. The molecule has 7 aliphatic rings. The first-order valence-electron chi connectivity index (χ1n) is 17.9. The standard InChI is InChI=1S/C35H52O13/c1-17-31(48-32-30(42)29(41)28(40)25(14-36)47-32)24(38)13-27(45-17)46-20-5-9-34(16-37)19(12-20)3-4-23-22(34)6-8-33(2)21(7-10-35(23,33)43)18-11-26(39)44-15-18/h11,16-17,19-25,27-32,36,38,40-43H,3-10,12-15H2,1-2H3/t17-,19+,20+,21-,22+,23-,24+,25-,27+,28-,29+,30-,31+,32+,33-,34-,35+/m1/s1. The number of aldehydes is 1. The van der Waals surface area contributed by atoms with Gasteiger partial charge in [-0.15, -0.1) is 0 Å². The molecule has 0 spiro atoms. The van der Waals surface area contributed by atoms with E-state index in [0.717, 1.165) is 37.7 Å². The lowest BCUT2D eigenvalue weighted by atomic mass is 9.43. The smallest absolute Gasteiger partial charge is 0.331 e. The molecule has 0 radical (unpaired) electrons. The lowest BCUT2D eigenvalue weighted by Crippen LogP contribution is -2.63. The van der Waals surface area contributed by atoms with Gasteiger partial charge in [-0.2, -0.15) is 0 Å². The van der Waals surface area contributed by atoms with Crippen molar-refractivity contribution in [2.24, 2.45) is 34.5 Å². The average Bonchev–Trinajstić information content (AvgIpc) is 3.61. The van der Waals surface area contributed by atoms with Gasteiger partial charge in [0.1, 0.15) is 43.4 Å². The van der Waals surface area contributed by atoms with Crippen molar-refractivity contribution in [3.8, 4) is 0 Å². The third-order valence-corrected chi connectivity index (χ3v) is 13.8. The van der Waals surface area contributed by atoms with E-state index in [0.29, 0.717) is 32.3 Å². The van der Waals surface area contributed by atoms with Crippen LogP contribution in [0.3, 0.4) is 0 Å². The second kappa shape index (κ2) is 12.9. The quantitative estimate of drug-likeness (QED) is 0.123. The van der Waals surface area contributed by atoms with Gasteiger partial charge in [-0.1, -0.05) is 6.92 Å². The van der Waals surface area contributed by atoms with Gasteiger partial charge in [0, 0.05) is 23.3 Å². The van der Waals surface area contributed by atoms with Crippen molar-refractivity contribution in [3.63, 3.8) is 0 Å². The fourth-order valence-electron chi connectivity index (χ4n) is 11.3. The minimum Gasteiger partial charge on any atom is -0.458 e. The van der Waals surface area contributed by atoms with Gasteiger partial charge >= 0.3 is 5.97 Å². The van der Waals surface area contributed by atoms with E-state index in [1.165, 1.54) is 6.29 Å². The van der Waals surface area contributed by atoms with Crippen LogP contribution < -0.4 is 0 Å². The largest absolute Gasteiger partial charge is 0.458 e. The van der Waals surface area contributed by atoms with Crippen molar-refractivity contribution in [2.75, 3.05) is 13.2 Å². The zero-order chi connectivity index (χ0) is 34.2. The van der Waals surface area contributed by atoms with Gasteiger partial charge in [-0.05, 0) is 94.0 Å². The summed E-state index contributed by atoms with van der Waals surface area (Å²) in [5.74, 6) is -0.00980. The molecular formula is C35H52O13. The van der Waals surface area contributed by atoms with Crippen LogP contribution in [-0.4, -0.2) is 123 Å². The maximum Gasteiger partial charge on any atom is 0.331 e. The molecule has 13 heteroatoms. The van der Waals surface area contributed by atoms with E-state index < -0.39 is 72.9 Å². The van der Waals surface area contributed by atoms with Crippen molar-refractivity contribution < 1.29 is 63.9 Å². The summed E-state index contributed by atoms with van der Waals surface area (Å²) >= 11 is 0. The molecule has 0 amide bonds. The highest BCUT2D eigenvalue weighted by Gasteiger charge is 2.68. The molecule has 4 saturated carbocycles. The third kappa shape index (κ3) is 5.43. The summed E-state index contributed by atoms with van der Waals surface area (Å²) in [6.45, 7) is 3.59. The second-order valence-corrected chi connectivity index (χ2v) is 15.9. The number of carbonyl (C=O) groups is 2. The number of hydrogen-bond acceptors (Lipinski definition) is 13. The number of rotatable bonds is 7. The Labute approximate surface area is 280 Å². The van der Waals surface area contributed by atoms with E-state index in [1.807, 2.05) is 0 Å². The third-order valence-electron chi connectivity index (χ3n) is 13.8. The predicted molar refractivity (Wildman–Crippen MR) is 165 cm³/mol. The van der Waals surface area contributed by atoms with Crippen LogP contribution in [0.15, 0.2) is 11.6 Å². The number of cyclic esters (lactones) is 1. The van der Waals surface area contributed by atoms with E-state index in [1.54, 1.807) is 13.0 Å². The molecule has 13 nitrogen and oxygen atoms in total. The number of hydrogen-bond donors (Lipinski definition) is 6. The van der Waals surface area contributed by atoms with Crippen LogP contribution in [0.4, 0.5) is 0 Å². The Morgan fingerprint density at radius 1 is 0.938 bits per heavy atom. The lowest BCUT2D eigenvalue weighted by Gasteiger charge is -2.63. The molecular weight excluding hydrogens is 628 g/mol. The summed E-state index contributed by atoms with van der Waals surface area (Å²) in [7, 11) is 0. The van der Waals surface area contributed by atoms with E-state index in [2.05, 4.69) is 6.92 Å². The fourth-order valence-corrected chi connectivity index (χ4v) is 11.3. The number of esters is 1. The first-order chi connectivity index (χ1) is 22.8. The molecule has 0 aromatic rings. The monoisotopic (exact) mass is 680 g/mol. The molecule has 3 aliphatic heterocycles. The van der Waals surface area contributed by atoms with Crippen LogP contribution in [0.2, 0.25) is 0 Å². The topological polar surface area (TPSA) is 202 Å². The molecule has 4 aliphatic carbocycles. The first kappa shape index (κ1) is 34.9. The minimum atomic E-state index is -1.60. The summed E-state index contributed by atoms with van der Waals surface area (Å²) in [4.78, 5) is 25.0. The molecule has 3 heterocycles. The maximum atomic E-state index is 13.1. The SMILES string of the molecule is C[C@H]1O[C@@H](O[C@H]2CC[C@@]3(C=O)[C@@H](CC[C@@H]4[C@@H]3CC[C@]3(C)[C@@H](C5=CC(=O)OC5)CC[C@]43O)C2)C[C@H](O)[C@H]1O[C@@H]1O[C@H](CO)[C@@H](O)[C@H](O)[C@H]1O. The van der Waals surface area contributed by atoms with Crippen LogP contribution in [0, 0.1) is 34.5 Å². The fraction of sp³-hybridized carbons (Fsp3) is 0.886. The molecule has 0 aromatic carbocycles. The number of aliphatic hydroxyl groups excluding tert-OH is 5. The van der Waals surface area contributed by atoms with Crippen molar-refractivity contribution >= 4 is 12.3 Å². The van der Waals surface area contributed by atoms with Crippen LogP contribution in [0.5, 0.6) is 0 Å². The summed E-state index contributed by atoms with van der Waals surface area (Å²) < 4.78 is 29.1. The summed E-state index contributed by atoms with van der Waals surface area (Å²) in [6, 6.07) is 0. The van der Waals surface area contributed by atoms with Gasteiger partial charge < -0.3 is 59.1 Å². The Morgan fingerprint density at radius 2 is 1.73 bits per heavy atom. The molecule has 0 bridgehead atoms.